The van der Waals surface area contributed by atoms with Crippen LogP contribution in [0.1, 0.15) is 24.0 Å². The zero-order valence-electron chi connectivity index (χ0n) is 16.4. The van der Waals surface area contributed by atoms with Gasteiger partial charge >= 0.3 is 5.97 Å². The van der Waals surface area contributed by atoms with Gasteiger partial charge in [0.15, 0.2) is 0 Å². The molecule has 3 rings (SSSR count). The second-order valence-corrected chi connectivity index (χ2v) is 7.07. The monoisotopic (exact) mass is 460 g/mol. The summed E-state index contributed by atoms with van der Waals surface area (Å²) >= 11 is 0. The van der Waals surface area contributed by atoms with Crippen LogP contribution in [-0.4, -0.2) is 47.9 Å². The average Bonchev–Trinajstić information content (AvgIpc) is 2.66. The first-order valence-corrected chi connectivity index (χ1v) is 9.40. The molecule has 1 atom stereocenters. The molecule has 31 heavy (non-hydrogen) atoms. The molecule has 10 heteroatoms. The number of rotatable bonds is 7. The number of nitrogens with zero attached hydrogens (tertiary/aromatic N) is 2. The van der Waals surface area contributed by atoms with E-state index in [4.69, 9.17) is 9.94 Å². The molecule has 0 aromatic heterocycles. The van der Waals surface area contributed by atoms with Crippen molar-refractivity contribution in [3.05, 3.63) is 70.8 Å². The van der Waals surface area contributed by atoms with Crippen molar-refractivity contribution >= 4 is 24.1 Å². The van der Waals surface area contributed by atoms with Crippen LogP contribution in [0.15, 0.2) is 41.6 Å². The Labute approximate surface area is 182 Å². The minimum Gasteiger partial charge on any atom is -0.481 e. The van der Waals surface area contributed by atoms with E-state index in [2.05, 4.69) is 5.16 Å². The molecule has 2 aromatic carbocycles. The molecule has 0 bridgehead atoms. The molecule has 1 N–H and O–H groups in total. The quantitative estimate of drug-likeness (QED) is 0.291. The number of oxime groups is 1. The molecule has 1 fully saturated rings. The Morgan fingerprint density at radius 2 is 1.52 bits per heavy atom. The first-order chi connectivity index (χ1) is 14.3. The van der Waals surface area contributed by atoms with Crippen molar-refractivity contribution in [2.24, 2.45) is 11.1 Å². The Morgan fingerprint density at radius 1 is 1.00 bits per heavy atom. The van der Waals surface area contributed by atoms with Crippen LogP contribution in [-0.2, 0) is 9.63 Å². The summed E-state index contributed by atoms with van der Waals surface area (Å²) in [5.74, 6) is -4.78. The maximum absolute atomic E-state index is 13.7. The normalized spacial score (nSPS) is 16.3. The minimum atomic E-state index is -0.873. The average molecular weight is 461 g/mol. The highest BCUT2D eigenvalue weighted by Gasteiger charge is 2.25. The number of carboxylic acid groups (broad SMARTS) is 1. The number of piperidine rings is 1. The van der Waals surface area contributed by atoms with Gasteiger partial charge in [-0.05, 0) is 43.7 Å². The van der Waals surface area contributed by atoms with Gasteiger partial charge in [0.25, 0.3) is 0 Å². The van der Waals surface area contributed by atoms with Crippen LogP contribution in [0.4, 0.5) is 17.6 Å². The molecule has 2 aromatic rings. The van der Waals surface area contributed by atoms with Gasteiger partial charge in [0.1, 0.15) is 35.6 Å². The standard InChI is InChI=1S/C21H20F4N2O3.ClH/c22-16-6-14(7-17(23)10-16)20(15-8-18(24)11-19(25)9-15)26-30-5-4-27-3-1-2-13(12-27)21(28)29;/h6-11,13H,1-5,12H2,(H,28,29);1H. The topological polar surface area (TPSA) is 62.1 Å². The number of carbonyl (C=O) groups is 1. The molecule has 1 aliphatic rings. The SMILES string of the molecule is Cl.O=C(O)C1CCCN(CCON=C(c2cc(F)cc(F)c2)c2cc(F)cc(F)c2)C1. The summed E-state index contributed by atoms with van der Waals surface area (Å²) in [6.07, 6.45) is 1.36. The Hall–Kier alpha value is -2.65. The lowest BCUT2D eigenvalue weighted by Gasteiger charge is -2.29. The Morgan fingerprint density at radius 3 is 2.00 bits per heavy atom. The highest BCUT2D eigenvalue weighted by molar-refractivity contribution is 6.12. The summed E-state index contributed by atoms with van der Waals surface area (Å²) in [7, 11) is 0. The van der Waals surface area contributed by atoms with Gasteiger partial charge in [0.05, 0.1) is 5.92 Å². The largest absolute Gasteiger partial charge is 0.481 e. The third kappa shape index (κ3) is 6.93. The van der Waals surface area contributed by atoms with Crippen molar-refractivity contribution < 1.29 is 32.3 Å². The molecule has 0 aliphatic carbocycles. The van der Waals surface area contributed by atoms with Gasteiger partial charge in [0, 0.05) is 36.3 Å². The van der Waals surface area contributed by atoms with Crippen molar-refractivity contribution in [1.29, 1.82) is 0 Å². The van der Waals surface area contributed by atoms with Crippen molar-refractivity contribution in [2.75, 3.05) is 26.2 Å². The number of likely N-dealkylation sites (tertiary alicyclic amines) is 1. The summed E-state index contributed by atoms with van der Waals surface area (Å²) in [6.45, 7) is 1.55. The Kier molecular flexibility index (Phi) is 8.82. The highest BCUT2D eigenvalue weighted by atomic mass is 35.5. The molecular formula is C21H21ClF4N2O3. The predicted octanol–water partition coefficient (Wildman–Crippen LogP) is 4.23. The van der Waals surface area contributed by atoms with Crippen LogP contribution in [0.5, 0.6) is 0 Å². The van der Waals surface area contributed by atoms with E-state index in [1.165, 1.54) is 0 Å². The van der Waals surface area contributed by atoms with Gasteiger partial charge in [-0.1, -0.05) is 5.16 Å². The van der Waals surface area contributed by atoms with Gasteiger partial charge in [-0.3, -0.25) is 9.69 Å². The second kappa shape index (κ2) is 11.1. The summed E-state index contributed by atoms with van der Waals surface area (Å²) in [5.41, 5.74) is -0.211. The molecule has 0 saturated carbocycles. The van der Waals surface area contributed by atoms with Gasteiger partial charge in [0.2, 0.25) is 0 Å². The molecule has 168 valence electrons. The minimum absolute atomic E-state index is 0. The third-order valence-corrected chi connectivity index (χ3v) is 4.78. The Balaban J connectivity index is 0.00000341. The zero-order valence-corrected chi connectivity index (χ0v) is 17.2. The number of hydrogen-bond donors (Lipinski definition) is 1. The smallest absolute Gasteiger partial charge is 0.307 e. The van der Waals surface area contributed by atoms with Gasteiger partial charge in [-0.2, -0.15) is 0 Å². The maximum Gasteiger partial charge on any atom is 0.307 e. The fourth-order valence-electron chi connectivity index (χ4n) is 3.39. The number of carboxylic acids is 1. The number of benzene rings is 2. The highest BCUT2D eigenvalue weighted by Crippen LogP contribution is 2.18. The molecule has 5 nitrogen and oxygen atoms in total. The molecule has 1 unspecified atom stereocenters. The van der Waals surface area contributed by atoms with Crippen LogP contribution < -0.4 is 0 Å². The number of halogens is 5. The van der Waals surface area contributed by atoms with E-state index in [-0.39, 0.29) is 35.9 Å². The van der Waals surface area contributed by atoms with Gasteiger partial charge in [-0.15, -0.1) is 12.4 Å². The van der Waals surface area contributed by atoms with Crippen LogP contribution in [0.2, 0.25) is 0 Å². The van der Waals surface area contributed by atoms with E-state index >= 15 is 0 Å². The lowest BCUT2D eigenvalue weighted by Crippen LogP contribution is -2.40. The third-order valence-electron chi connectivity index (χ3n) is 4.78. The Bertz CT molecular complexity index is 864. The summed E-state index contributed by atoms with van der Waals surface area (Å²) < 4.78 is 54.6. The first kappa shape index (κ1) is 24.6. The van der Waals surface area contributed by atoms with Crippen LogP contribution in [0.25, 0.3) is 0 Å². The van der Waals surface area contributed by atoms with E-state index in [1.807, 2.05) is 4.90 Å². The van der Waals surface area contributed by atoms with Crippen molar-refractivity contribution in [3.63, 3.8) is 0 Å². The lowest BCUT2D eigenvalue weighted by molar-refractivity contribution is -0.143. The molecule has 1 heterocycles. The second-order valence-electron chi connectivity index (χ2n) is 7.07. The van der Waals surface area contributed by atoms with E-state index in [0.29, 0.717) is 38.2 Å². The predicted molar refractivity (Wildman–Crippen MR) is 108 cm³/mol. The van der Waals surface area contributed by atoms with Crippen LogP contribution in [0.3, 0.4) is 0 Å². The zero-order chi connectivity index (χ0) is 21.7. The van der Waals surface area contributed by atoms with Crippen LogP contribution in [0, 0.1) is 29.2 Å². The number of hydrogen-bond acceptors (Lipinski definition) is 4. The fraction of sp³-hybridized carbons (Fsp3) is 0.333. The van der Waals surface area contributed by atoms with Crippen molar-refractivity contribution in [2.45, 2.75) is 12.8 Å². The van der Waals surface area contributed by atoms with Crippen molar-refractivity contribution in [3.8, 4) is 0 Å². The van der Waals surface area contributed by atoms with E-state index in [9.17, 15) is 22.4 Å². The molecule has 1 aliphatic heterocycles. The van der Waals surface area contributed by atoms with Gasteiger partial charge < -0.3 is 9.94 Å². The number of aliphatic carboxylic acids is 1. The van der Waals surface area contributed by atoms with Crippen LogP contribution >= 0.6 is 12.4 Å². The molecular weight excluding hydrogens is 440 g/mol. The van der Waals surface area contributed by atoms with E-state index in [1.54, 1.807) is 0 Å². The van der Waals surface area contributed by atoms with E-state index < -0.39 is 35.2 Å². The first-order valence-electron chi connectivity index (χ1n) is 9.40. The summed E-state index contributed by atoms with van der Waals surface area (Å²) in [4.78, 5) is 18.3. The lowest BCUT2D eigenvalue weighted by atomic mass is 9.98. The van der Waals surface area contributed by atoms with Gasteiger partial charge in [-0.25, -0.2) is 17.6 Å². The maximum atomic E-state index is 13.7. The van der Waals surface area contributed by atoms with Crippen molar-refractivity contribution in [1.82, 2.24) is 4.90 Å². The summed E-state index contributed by atoms with van der Waals surface area (Å²) in [6, 6.07) is 5.27. The molecule has 0 spiro atoms. The molecule has 0 radical (unpaired) electrons. The van der Waals surface area contributed by atoms with E-state index in [0.717, 1.165) is 30.7 Å². The molecule has 0 amide bonds. The molecule has 1 saturated heterocycles. The fourth-order valence-corrected chi connectivity index (χ4v) is 3.39. The summed E-state index contributed by atoms with van der Waals surface area (Å²) in [5, 5.41) is 13.0.